The van der Waals surface area contributed by atoms with E-state index in [0.29, 0.717) is 6.04 Å². The Hall–Kier alpha value is -2.62. The van der Waals surface area contributed by atoms with Gasteiger partial charge in [-0.1, -0.05) is 54.6 Å². The fraction of sp³-hybridized carbons (Fsp3) is 0.308. The molecule has 0 saturated carbocycles. The summed E-state index contributed by atoms with van der Waals surface area (Å²) in [4.78, 5) is 2.26. The van der Waals surface area contributed by atoms with Crippen molar-refractivity contribution in [3.63, 3.8) is 0 Å². The van der Waals surface area contributed by atoms with E-state index in [1.165, 1.54) is 32.9 Å². The van der Waals surface area contributed by atoms with E-state index in [-0.39, 0.29) is 0 Å². The average Bonchev–Trinajstić information content (AvgIpc) is 3.06. The van der Waals surface area contributed by atoms with Crippen molar-refractivity contribution in [3.05, 3.63) is 83.9 Å². The minimum atomic E-state index is 0.333. The van der Waals surface area contributed by atoms with E-state index in [1.54, 1.807) is 0 Å². The highest BCUT2D eigenvalue weighted by Gasteiger charge is 2.11. The van der Waals surface area contributed by atoms with Crippen LogP contribution in [-0.2, 0) is 13.1 Å². The number of para-hydroxylation sites is 1. The van der Waals surface area contributed by atoms with Crippen LogP contribution in [0.1, 0.15) is 30.5 Å². The number of fused-ring (bicyclic) bond motifs is 3. The van der Waals surface area contributed by atoms with Crippen molar-refractivity contribution in [3.8, 4) is 0 Å². The predicted molar refractivity (Wildman–Crippen MR) is 124 cm³/mol. The molecule has 1 aromatic heterocycles. The standard InChI is InChI=1S/C26H31N3/c1-20(22-10-5-4-6-11-22)27-19-21-14-15-26-24(18-21)23-12-7-8-13-25(23)29(26)17-9-16-28(2)3/h4-8,10-15,18,20,27H,9,16-17,19H2,1-3H3/t20-/m1/s1. The summed E-state index contributed by atoms with van der Waals surface area (Å²) in [6.45, 7) is 5.24. The SMILES string of the molecule is C[C@@H](NCc1ccc2c(c1)c1ccccc1n2CCCN(C)C)c1ccccc1. The second kappa shape index (κ2) is 8.81. The van der Waals surface area contributed by atoms with E-state index in [9.17, 15) is 0 Å². The topological polar surface area (TPSA) is 20.2 Å². The molecule has 1 heterocycles. The first-order valence-electron chi connectivity index (χ1n) is 10.6. The molecule has 3 nitrogen and oxygen atoms in total. The summed E-state index contributed by atoms with van der Waals surface area (Å²) in [7, 11) is 4.28. The van der Waals surface area contributed by atoms with Gasteiger partial charge in [0.05, 0.1) is 0 Å². The third kappa shape index (κ3) is 4.36. The Morgan fingerprint density at radius 2 is 1.59 bits per heavy atom. The second-order valence-electron chi connectivity index (χ2n) is 8.19. The smallest absolute Gasteiger partial charge is 0.0491 e. The number of benzene rings is 3. The molecule has 150 valence electrons. The first-order valence-corrected chi connectivity index (χ1v) is 10.6. The van der Waals surface area contributed by atoms with Crippen LogP contribution in [0.2, 0.25) is 0 Å². The lowest BCUT2D eigenvalue weighted by atomic mass is 10.1. The van der Waals surface area contributed by atoms with E-state index in [0.717, 1.165) is 26.1 Å². The molecule has 3 heteroatoms. The van der Waals surface area contributed by atoms with Crippen molar-refractivity contribution in [2.45, 2.75) is 32.5 Å². The average molecular weight is 386 g/mol. The van der Waals surface area contributed by atoms with Gasteiger partial charge in [0.2, 0.25) is 0 Å². The molecule has 0 aliphatic carbocycles. The first-order chi connectivity index (χ1) is 14.1. The molecule has 4 aromatic rings. The molecule has 1 atom stereocenters. The maximum absolute atomic E-state index is 3.67. The summed E-state index contributed by atoms with van der Waals surface area (Å²) in [5, 5.41) is 6.38. The summed E-state index contributed by atoms with van der Waals surface area (Å²) < 4.78 is 2.48. The van der Waals surface area contributed by atoms with Crippen molar-refractivity contribution in [1.82, 2.24) is 14.8 Å². The molecular weight excluding hydrogens is 354 g/mol. The fourth-order valence-corrected chi connectivity index (χ4v) is 4.13. The van der Waals surface area contributed by atoms with Gasteiger partial charge in [-0.3, -0.25) is 0 Å². The Morgan fingerprint density at radius 1 is 0.862 bits per heavy atom. The van der Waals surface area contributed by atoms with Crippen LogP contribution in [0.25, 0.3) is 21.8 Å². The predicted octanol–water partition coefficient (Wildman–Crippen LogP) is 5.60. The van der Waals surface area contributed by atoms with Gasteiger partial charge < -0.3 is 14.8 Å². The molecule has 29 heavy (non-hydrogen) atoms. The summed E-state index contributed by atoms with van der Waals surface area (Å²) in [6.07, 6.45) is 1.15. The summed E-state index contributed by atoms with van der Waals surface area (Å²) in [5.41, 5.74) is 5.33. The van der Waals surface area contributed by atoms with Crippen LogP contribution in [-0.4, -0.2) is 30.1 Å². The lowest BCUT2D eigenvalue weighted by Crippen LogP contribution is -2.17. The van der Waals surface area contributed by atoms with Gasteiger partial charge in [0.25, 0.3) is 0 Å². The van der Waals surface area contributed by atoms with Crippen LogP contribution in [0.15, 0.2) is 72.8 Å². The molecule has 0 saturated heterocycles. The van der Waals surface area contributed by atoms with Gasteiger partial charge in [-0.2, -0.15) is 0 Å². The van der Waals surface area contributed by atoms with Gasteiger partial charge in [-0.15, -0.1) is 0 Å². The largest absolute Gasteiger partial charge is 0.340 e. The van der Waals surface area contributed by atoms with Crippen LogP contribution in [0.4, 0.5) is 0 Å². The van der Waals surface area contributed by atoms with Gasteiger partial charge in [0.1, 0.15) is 0 Å². The molecule has 0 bridgehead atoms. The van der Waals surface area contributed by atoms with Crippen LogP contribution < -0.4 is 5.32 Å². The molecule has 0 amide bonds. The molecule has 0 radical (unpaired) electrons. The number of hydrogen-bond acceptors (Lipinski definition) is 2. The van der Waals surface area contributed by atoms with Crippen molar-refractivity contribution >= 4 is 21.8 Å². The molecular formula is C26H31N3. The quantitative estimate of drug-likeness (QED) is 0.426. The van der Waals surface area contributed by atoms with Gasteiger partial charge >= 0.3 is 0 Å². The molecule has 4 rings (SSSR count). The third-order valence-electron chi connectivity index (χ3n) is 5.74. The number of aromatic nitrogens is 1. The molecule has 1 N–H and O–H groups in total. The highest BCUT2D eigenvalue weighted by molar-refractivity contribution is 6.08. The normalized spacial score (nSPS) is 12.8. The zero-order valence-electron chi connectivity index (χ0n) is 17.7. The van der Waals surface area contributed by atoms with Crippen LogP contribution in [0.3, 0.4) is 0 Å². The van der Waals surface area contributed by atoms with E-state index >= 15 is 0 Å². The number of hydrogen-bond donors (Lipinski definition) is 1. The Balaban J connectivity index is 1.59. The molecule has 0 aliphatic heterocycles. The van der Waals surface area contributed by atoms with E-state index in [1.807, 2.05) is 0 Å². The van der Waals surface area contributed by atoms with E-state index in [4.69, 9.17) is 0 Å². The van der Waals surface area contributed by atoms with Crippen molar-refractivity contribution in [2.75, 3.05) is 20.6 Å². The number of nitrogens with one attached hydrogen (secondary N) is 1. The minimum absolute atomic E-state index is 0.333. The molecule has 0 spiro atoms. The number of nitrogens with zero attached hydrogens (tertiary/aromatic N) is 2. The summed E-state index contributed by atoms with van der Waals surface area (Å²) in [6, 6.07) is 26.7. The molecule has 0 unspecified atom stereocenters. The van der Waals surface area contributed by atoms with Gasteiger partial charge in [-0.05, 0) is 63.3 Å². The Labute approximate surface area is 174 Å². The maximum atomic E-state index is 3.67. The summed E-state index contributed by atoms with van der Waals surface area (Å²) >= 11 is 0. The minimum Gasteiger partial charge on any atom is -0.340 e. The zero-order valence-corrected chi connectivity index (χ0v) is 17.7. The zero-order chi connectivity index (χ0) is 20.2. The van der Waals surface area contributed by atoms with Crippen LogP contribution >= 0.6 is 0 Å². The van der Waals surface area contributed by atoms with E-state index < -0.39 is 0 Å². The first kappa shape index (κ1) is 19.7. The Morgan fingerprint density at radius 3 is 2.38 bits per heavy atom. The maximum Gasteiger partial charge on any atom is 0.0491 e. The van der Waals surface area contributed by atoms with Gasteiger partial charge in [0.15, 0.2) is 0 Å². The van der Waals surface area contributed by atoms with Crippen LogP contribution in [0.5, 0.6) is 0 Å². The van der Waals surface area contributed by atoms with Gasteiger partial charge in [0, 0.05) is 40.9 Å². The molecule has 3 aromatic carbocycles. The fourth-order valence-electron chi connectivity index (χ4n) is 4.13. The van der Waals surface area contributed by atoms with Gasteiger partial charge in [-0.25, -0.2) is 0 Å². The highest BCUT2D eigenvalue weighted by atomic mass is 15.1. The Bertz CT molecular complexity index is 1080. The van der Waals surface area contributed by atoms with Crippen molar-refractivity contribution < 1.29 is 0 Å². The molecule has 0 fully saturated rings. The van der Waals surface area contributed by atoms with Crippen molar-refractivity contribution in [2.24, 2.45) is 0 Å². The second-order valence-corrected chi connectivity index (χ2v) is 8.19. The highest BCUT2D eigenvalue weighted by Crippen LogP contribution is 2.30. The Kier molecular flexibility index (Phi) is 5.98. The number of rotatable bonds is 8. The monoisotopic (exact) mass is 385 g/mol. The summed E-state index contributed by atoms with van der Waals surface area (Å²) in [5.74, 6) is 0. The van der Waals surface area contributed by atoms with E-state index in [2.05, 4.69) is 109 Å². The lowest BCUT2D eigenvalue weighted by molar-refractivity contribution is 0.389. The number of aryl methyl sites for hydroxylation is 1. The lowest BCUT2D eigenvalue weighted by Gasteiger charge is -2.14. The third-order valence-corrected chi connectivity index (χ3v) is 5.74. The molecule has 0 aliphatic rings. The van der Waals surface area contributed by atoms with Crippen LogP contribution in [0, 0.1) is 0 Å². The van der Waals surface area contributed by atoms with Crippen molar-refractivity contribution in [1.29, 1.82) is 0 Å².